The summed E-state index contributed by atoms with van der Waals surface area (Å²) in [5, 5.41) is 3.86. The van der Waals surface area contributed by atoms with Crippen LogP contribution in [-0.2, 0) is 4.79 Å². The first-order valence-electron chi connectivity index (χ1n) is 9.03. The monoisotopic (exact) mass is 415 g/mol. The van der Waals surface area contributed by atoms with E-state index in [-0.39, 0.29) is 11.9 Å². The van der Waals surface area contributed by atoms with Crippen LogP contribution in [0.5, 0.6) is 11.5 Å². The van der Waals surface area contributed by atoms with Crippen molar-refractivity contribution in [3.8, 4) is 11.5 Å². The van der Waals surface area contributed by atoms with Crippen molar-refractivity contribution in [2.75, 3.05) is 26.5 Å². The first kappa shape index (κ1) is 19.0. The molecule has 1 amide bonds. The van der Waals surface area contributed by atoms with Crippen molar-refractivity contribution in [1.82, 2.24) is 14.9 Å². The fourth-order valence-electron chi connectivity index (χ4n) is 3.58. The molecule has 0 spiro atoms. The standard InChI is InChI=1S/C20H21N3O3S2/c1-25-13-5-6-17(26-2)15(10-13)16-4-3-8-23(16)18(24)11-28-20-14-7-9-27-19(14)21-12-22-20/h5-7,9-10,12,16H,3-4,8,11H2,1-2H3/t16-/m1/s1. The number of nitrogens with zero attached hydrogens (tertiary/aromatic N) is 3. The van der Waals surface area contributed by atoms with E-state index in [1.54, 1.807) is 31.9 Å². The summed E-state index contributed by atoms with van der Waals surface area (Å²) < 4.78 is 10.9. The number of ether oxygens (including phenoxy) is 2. The molecule has 0 aliphatic carbocycles. The molecule has 146 valence electrons. The summed E-state index contributed by atoms with van der Waals surface area (Å²) >= 11 is 3.05. The molecule has 2 aromatic heterocycles. The lowest BCUT2D eigenvalue weighted by atomic mass is 10.0. The predicted molar refractivity (Wildman–Crippen MR) is 111 cm³/mol. The number of carbonyl (C=O) groups excluding carboxylic acids is 1. The zero-order chi connectivity index (χ0) is 19.5. The third kappa shape index (κ3) is 3.66. The first-order chi connectivity index (χ1) is 13.7. The maximum Gasteiger partial charge on any atom is 0.233 e. The highest BCUT2D eigenvalue weighted by molar-refractivity contribution is 8.00. The van der Waals surface area contributed by atoms with Gasteiger partial charge in [-0.05, 0) is 42.5 Å². The summed E-state index contributed by atoms with van der Waals surface area (Å²) in [6.07, 6.45) is 3.46. The number of carbonyl (C=O) groups is 1. The molecule has 1 atom stereocenters. The van der Waals surface area contributed by atoms with E-state index in [0.717, 1.165) is 51.7 Å². The molecule has 1 aromatic carbocycles. The van der Waals surface area contributed by atoms with Gasteiger partial charge < -0.3 is 14.4 Å². The number of thiophene rings is 1. The van der Waals surface area contributed by atoms with Crippen LogP contribution in [0.15, 0.2) is 41.0 Å². The van der Waals surface area contributed by atoms with E-state index in [2.05, 4.69) is 9.97 Å². The third-order valence-electron chi connectivity index (χ3n) is 4.93. The topological polar surface area (TPSA) is 64.6 Å². The van der Waals surface area contributed by atoms with Gasteiger partial charge in [0.15, 0.2) is 0 Å². The molecule has 4 rings (SSSR count). The summed E-state index contributed by atoms with van der Waals surface area (Å²) in [4.78, 5) is 24.5. The molecule has 1 saturated heterocycles. The Kier molecular flexibility index (Phi) is 5.68. The highest BCUT2D eigenvalue weighted by atomic mass is 32.2. The minimum atomic E-state index is 0.00437. The number of thioether (sulfide) groups is 1. The van der Waals surface area contributed by atoms with E-state index in [9.17, 15) is 4.79 Å². The lowest BCUT2D eigenvalue weighted by Gasteiger charge is -2.26. The second kappa shape index (κ2) is 8.36. The minimum absolute atomic E-state index is 0.00437. The molecule has 1 aliphatic rings. The van der Waals surface area contributed by atoms with Crippen LogP contribution in [0.25, 0.3) is 10.2 Å². The molecule has 0 unspecified atom stereocenters. The van der Waals surface area contributed by atoms with E-state index < -0.39 is 0 Å². The molecule has 0 radical (unpaired) electrons. The SMILES string of the molecule is COc1ccc(OC)c([C@H]2CCCN2C(=O)CSc2ncnc3sccc23)c1. The van der Waals surface area contributed by atoms with Crippen molar-refractivity contribution in [3.63, 3.8) is 0 Å². The van der Waals surface area contributed by atoms with Crippen LogP contribution in [0, 0.1) is 0 Å². The highest BCUT2D eigenvalue weighted by Crippen LogP contribution is 2.39. The van der Waals surface area contributed by atoms with Gasteiger partial charge in [0.1, 0.15) is 27.7 Å². The Hall–Kier alpha value is -2.32. The van der Waals surface area contributed by atoms with Gasteiger partial charge in [-0.25, -0.2) is 9.97 Å². The molecule has 6 nitrogen and oxygen atoms in total. The number of hydrogen-bond acceptors (Lipinski definition) is 7. The van der Waals surface area contributed by atoms with Crippen molar-refractivity contribution in [2.24, 2.45) is 0 Å². The second-order valence-corrected chi connectivity index (χ2v) is 8.32. The van der Waals surface area contributed by atoms with Gasteiger partial charge in [0, 0.05) is 17.5 Å². The van der Waals surface area contributed by atoms with Gasteiger partial charge in [-0.1, -0.05) is 11.8 Å². The molecule has 1 fully saturated rings. The van der Waals surface area contributed by atoms with Gasteiger partial charge in [0.25, 0.3) is 0 Å². The molecule has 0 saturated carbocycles. The molecule has 0 bridgehead atoms. The van der Waals surface area contributed by atoms with Gasteiger partial charge in [-0.15, -0.1) is 11.3 Å². The lowest BCUT2D eigenvalue weighted by Crippen LogP contribution is -2.32. The van der Waals surface area contributed by atoms with E-state index >= 15 is 0 Å². The quantitative estimate of drug-likeness (QED) is 0.445. The number of benzene rings is 1. The summed E-state index contributed by atoms with van der Waals surface area (Å²) in [6, 6.07) is 7.76. The average molecular weight is 416 g/mol. The van der Waals surface area contributed by atoms with Crippen molar-refractivity contribution in [3.05, 3.63) is 41.5 Å². The Balaban J connectivity index is 1.52. The van der Waals surface area contributed by atoms with E-state index in [1.165, 1.54) is 11.8 Å². The van der Waals surface area contributed by atoms with Crippen molar-refractivity contribution in [1.29, 1.82) is 0 Å². The summed E-state index contributed by atoms with van der Waals surface area (Å²) in [7, 11) is 3.30. The molecule has 3 heterocycles. The highest BCUT2D eigenvalue weighted by Gasteiger charge is 2.32. The summed E-state index contributed by atoms with van der Waals surface area (Å²) in [5.74, 6) is 2.02. The van der Waals surface area contributed by atoms with Crippen LogP contribution < -0.4 is 9.47 Å². The lowest BCUT2D eigenvalue weighted by molar-refractivity contribution is -0.129. The number of methoxy groups -OCH3 is 2. The number of fused-ring (bicyclic) bond motifs is 1. The Bertz CT molecular complexity index is 992. The van der Waals surface area contributed by atoms with Crippen LogP contribution in [0.1, 0.15) is 24.4 Å². The molecule has 3 aromatic rings. The van der Waals surface area contributed by atoms with Crippen LogP contribution in [0.3, 0.4) is 0 Å². The van der Waals surface area contributed by atoms with Gasteiger partial charge >= 0.3 is 0 Å². The summed E-state index contributed by atoms with van der Waals surface area (Å²) in [6.45, 7) is 0.752. The number of amides is 1. The second-order valence-electron chi connectivity index (χ2n) is 6.46. The third-order valence-corrected chi connectivity index (χ3v) is 6.74. The number of rotatable bonds is 6. The van der Waals surface area contributed by atoms with Gasteiger partial charge in [0.05, 0.1) is 26.0 Å². The van der Waals surface area contributed by atoms with Crippen LogP contribution >= 0.6 is 23.1 Å². The molecule has 0 N–H and O–H groups in total. The molecule has 28 heavy (non-hydrogen) atoms. The fraction of sp³-hybridized carbons (Fsp3) is 0.350. The van der Waals surface area contributed by atoms with Crippen molar-refractivity contribution >= 4 is 39.2 Å². The normalized spacial score (nSPS) is 16.5. The molecular weight excluding hydrogens is 394 g/mol. The molecule has 8 heteroatoms. The Morgan fingerprint density at radius 3 is 3.00 bits per heavy atom. The van der Waals surface area contributed by atoms with Gasteiger partial charge in [-0.3, -0.25) is 4.79 Å². The zero-order valence-electron chi connectivity index (χ0n) is 15.8. The fourth-order valence-corrected chi connectivity index (χ4v) is 5.25. The Labute approximate surface area is 171 Å². The smallest absolute Gasteiger partial charge is 0.233 e. The molecule has 1 aliphatic heterocycles. The number of likely N-dealkylation sites (tertiary alicyclic amines) is 1. The van der Waals surface area contributed by atoms with Crippen molar-refractivity contribution < 1.29 is 14.3 Å². The van der Waals surface area contributed by atoms with E-state index in [1.807, 2.05) is 34.5 Å². The maximum absolute atomic E-state index is 13.0. The van der Waals surface area contributed by atoms with Crippen molar-refractivity contribution in [2.45, 2.75) is 23.9 Å². The first-order valence-corrected chi connectivity index (χ1v) is 10.9. The number of hydrogen-bond donors (Lipinski definition) is 0. The van der Waals surface area contributed by atoms with E-state index in [0.29, 0.717) is 5.75 Å². The van der Waals surface area contributed by atoms with Crippen LogP contribution in [0.2, 0.25) is 0 Å². The van der Waals surface area contributed by atoms with E-state index in [4.69, 9.17) is 9.47 Å². The van der Waals surface area contributed by atoms with Gasteiger partial charge in [0.2, 0.25) is 5.91 Å². The Morgan fingerprint density at radius 2 is 2.18 bits per heavy atom. The Morgan fingerprint density at radius 1 is 1.29 bits per heavy atom. The maximum atomic E-state index is 13.0. The summed E-state index contributed by atoms with van der Waals surface area (Å²) in [5.41, 5.74) is 1.000. The largest absolute Gasteiger partial charge is 0.497 e. The average Bonchev–Trinajstić information content (AvgIpc) is 3.41. The van der Waals surface area contributed by atoms with Crippen LogP contribution in [-0.4, -0.2) is 47.3 Å². The predicted octanol–water partition coefficient (Wildman–Crippen LogP) is 4.16. The van der Waals surface area contributed by atoms with Crippen LogP contribution in [0.4, 0.5) is 0 Å². The molecular formula is C20H21N3O3S2. The number of aromatic nitrogens is 2. The van der Waals surface area contributed by atoms with Gasteiger partial charge in [-0.2, -0.15) is 0 Å². The zero-order valence-corrected chi connectivity index (χ0v) is 17.4. The minimum Gasteiger partial charge on any atom is -0.497 e.